The molecule has 41 heavy (non-hydrogen) atoms. The molecule has 224 valence electrons. The van der Waals surface area contributed by atoms with Crippen LogP contribution < -0.4 is 0 Å². The molecule has 5 rings (SSSR count). The van der Waals surface area contributed by atoms with E-state index in [4.69, 9.17) is 47.4 Å². The zero-order chi connectivity index (χ0) is 29.3. The summed E-state index contributed by atoms with van der Waals surface area (Å²) < 4.78 is 58.2. The first-order valence-electron chi connectivity index (χ1n) is 13.2. The molecule has 4 fully saturated rings. The van der Waals surface area contributed by atoms with Gasteiger partial charge in [-0.15, -0.1) is 0 Å². The van der Waals surface area contributed by atoms with Crippen LogP contribution in [0.25, 0.3) is 0 Å². The first-order valence-corrected chi connectivity index (χ1v) is 13.2. The van der Waals surface area contributed by atoms with E-state index < -0.39 is 91.6 Å². The van der Waals surface area contributed by atoms with Crippen LogP contribution in [-0.2, 0) is 66.5 Å². The molecule has 0 radical (unpaired) electrons. The van der Waals surface area contributed by atoms with Crippen LogP contribution in [0.1, 0.15) is 39.5 Å². The zero-order valence-corrected chi connectivity index (χ0v) is 22.9. The minimum Gasteiger partial charge on any atom is -0.455 e. The Morgan fingerprint density at radius 2 is 1.22 bits per heavy atom. The topological polar surface area (TPSA) is 161 Å². The first-order chi connectivity index (χ1) is 19.6. The Balaban J connectivity index is 1.44. The Morgan fingerprint density at radius 1 is 0.634 bits per heavy atom. The number of rotatable bonds is 7. The number of hydrogen-bond acceptors (Lipinski definition) is 14. The molecule has 14 heteroatoms. The lowest BCUT2D eigenvalue weighted by Crippen LogP contribution is -2.66. The maximum absolute atomic E-state index is 12.2. The molecule has 1 aromatic carbocycles. The molecule has 1 aromatic rings. The molecule has 4 aliphatic heterocycles. The molecule has 0 amide bonds. The number of fused-ring (bicyclic) bond motifs is 3. The smallest absolute Gasteiger partial charge is 0.303 e. The third-order valence-corrected chi connectivity index (χ3v) is 6.87. The van der Waals surface area contributed by atoms with E-state index in [1.54, 1.807) is 0 Å². The van der Waals surface area contributed by atoms with Gasteiger partial charge in [0.1, 0.15) is 24.4 Å². The van der Waals surface area contributed by atoms with Gasteiger partial charge in [0.15, 0.2) is 43.3 Å². The highest BCUT2D eigenvalue weighted by atomic mass is 16.8. The highest BCUT2D eigenvalue weighted by Crippen LogP contribution is 2.40. The second kappa shape index (κ2) is 12.4. The maximum Gasteiger partial charge on any atom is 0.303 e. The SMILES string of the molecule is CC(=O)O[C@@H]1[C@@H](OC(C)=O)[C@H](OC2[C@H]3CO[C@H](O3)[C@H](OC(C)=O)[C@H]2OC(C)=O)O[C@@H]2COC(c3ccccc3)O[C@@H]12. The van der Waals surface area contributed by atoms with Crippen molar-refractivity contribution >= 4 is 23.9 Å². The predicted octanol–water partition coefficient (Wildman–Crippen LogP) is 0.693. The highest BCUT2D eigenvalue weighted by molar-refractivity contribution is 5.68. The summed E-state index contributed by atoms with van der Waals surface area (Å²) in [5.41, 5.74) is 0.728. The molecule has 14 nitrogen and oxygen atoms in total. The third kappa shape index (κ3) is 6.52. The van der Waals surface area contributed by atoms with Gasteiger partial charge in [-0.2, -0.15) is 0 Å². The summed E-state index contributed by atoms with van der Waals surface area (Å²) in [6.45, 7) is 4.83. The number of benzene rings is 1. The standard InChI is InChI=1S/C27H32O14/c1-12(28)34-21-20(17-11-33-26(38-17)23(21)36-14(3)30)41-27-24(37-15(4)31)22(35-13(2)29)19-18(39-27)10-32-25(40-19)16-8-6-5-7-9-16/h5-9,17-27H,10-11H2,1-4H3/t17-,18-,19-,20?,21+,22+,23-,24-,25?,26-,27+/m1/s1. The van der Waals surface area contributed by atoms with Crippen molar-refractivity contribution < 1.29 is 66.5 Å². The fraction of sp³-hybridized carbons (Fsp3) is 0.630. The Labute approximate surface area is 235 Å². The van der Waals surface area contributed by atoms with Crippen molar-refractivity contribution in [2.75, 3.05) is 13.2 Å². The van der Waals surface area contributed by atoms with E-state index in [0.29, 0.717) is 0 Å². The normalized spacial score (nSPS) is 37.8. The minimum absolute atomic E-state index is 0.0217. The average molecular weight is 581 g/mol. The van der Waals surface area contributed by atoms with Gasteiger partial charge < -0.3 is 47.4 Å². The molecule has 2 bridgehead atoms. The lowest BCUT2D eigenvalue weighted by molar-refractivity contribution is -0.377. The quantitative estimate of drug-likeness (QED) is 0.327. The van der Waals surface area contributed by atoms with Crippen LogP contribution >= 0.6 is 0 Å². The molecule has 0 aliphatic carbocycles. The van der Waals surface area contributed by atoms with Gasteiger partial charge in [-0.1, -0.05) is 30.3 Å². The van der Waals surface area contributed by atoms with Crippen LogP contribution in [0, 0.1) is 0 Å². The van der Waals surface area contributed by atoms with Crippen molar-refractivity contribution in [3.8, 4) is 0 Å². The van der Waals surface area contributed by atoms with Gasteiger partial charge in [0.25, 0.3) is 0 Å². The van der Waals surface area contributed by atoms with E-state index in [1.165, 1.54) is 27.7 Å². The third-order valence-electron chi connectivity index (χ3n) is 6.87. The van der Waals surface area contributed by atoms with Crippen molar-refractivity contribution in [3.63, 3.8) is 0 Å². The second-order valence-electron chi connectivity index (χ2n) is 9.99. The molecule has 11 atom stereocenters. The molecule has 4 heterocycles. The summed E-state index contributed by atoms with van der Waals surface area (Å²) >= 11 is 0. The number of carbonyl (C=O) groups is 4. The van der Waals surface area contributed by atoms with E-state index >= 15 is 0 Å². The molecule has 4 aliphatic rings. The van der Waals surface area contributed by atoms with Crippen molar-refractivity contribution in [3.05, 3.63) is 35.9 Å². The summed E-state index contributed by atoms with van der Waals surface area (Å²) in [7, 11) is 0. The number of hydrogen-bond donors (Lipinski definition) is 0. The summed E-state index contributed by atoms with van der Waals surface area (Å²) in [6, 6.07) is 9.14. The Kier molecular flexibility index (Phi) is 8.87. The lowest BCUT2D eigenvalue weighted by Gasteiger charge is -2.49. The van der Waals surface area contributed by atoms with Gasteiger partial charge in [0.05, 0.1) is 13.2 Å². The van der Waals surface area contributed by atoms with Gasteiger partial charge in [0, 0.05) is 33.3 Å². The van der Waals surface area contributed by atoms with Crippen molar-refractivity contribution in [2.24, 2.45) is 0 Å². The largest absolute Gasteiger partial charge is 0.455 e. The fourth-order valence-electron chi connectivity index (χ4n) is 5.38. The maximum atomic E-state index is 12.2. The van der Waals surface area contributed by atoms with Gasteiger partial charge in [-0.3, -0.25) is 19.2 Å². The number of esters is 4. The van der Waals surface area contributed by atoms with E-state index in [1.807, 2.05) is 30.3 Å². The monoisotopic (exact) mass is 580 g/mol. The predicted molar refractivity (Wildman–Crippen MR) is 130 cm³/mol. The molecule has 2 unspecified atom stereocenters. The van der Waals surface area contributed by atoms with E-state index in [0.717, 1.165) is 5.56 Å². The summed E-state index contributed by atoms with van der Waals surface area (Å²) in [6.07, 6.45) is -11.5. The first kappa shape index (κ1) is 29.4. The Bertz CT molecular complexity index is 1130. The van der Waals surface area contributed by atoms with E-state index in [9.17, 15) is 19.2 Å². The molecule has 0 spiro atoms. The van der Waals surface area contributed by atoms with Crippen LogP contribution in [0.3, 0.4) is 0 Å². The lowest BCUT2D eigenvalue weighted by atomic mass is 9.96. The van der Waals surface area contributed by atoms with Crippen molar-refractivity contribution in [1.82, 2.24) is 0 Å². The molecule has 0 saturated carbocycles. The van der Waals surface area contributed by atoms with Crippen molar-refractivity contribution in [1.29, 1.82) is 0 Å². The summed E-state index contributed by atoms with van der Waals surface area (Å²) in [5.74, 6) is -2.67. The van der Waals surface area contributed by atoms with Crippen LogP contribution in [0.2, 0.25) is 0 Å². The second-order valence-corrected chi connectivity index (χ2v) is 9.99. The van der Waals surface area contributed by atoms with Crippen molar-refractivity contribution in [2.45, 2.75) is 95.4 Å². The fourth-order valence-corrected chi connectivity index (χ4v) is 5.38. The average Bonchev–Trinajstić information content (AvgIpc) is 3.35. The van der Waals surface area contributed by atoms with Gasteiger partial charge in [-0.25, -0.2) is 0 Å². The Hall–Kier alpha value is -3.14. The highest BCUT2D eigenvalue weighted by Gasteiger charge is 2.59. The molecule has 0 N–H and O–H groups in total. The number of ether oxygens (including phenoxy) is 10. The summed E-state index contributed by atoms with van der Waals surface area (Å²) in [5, 5.41) is 0. The molecule has 0 aromatic heterocycles. The molecular formula is C27H32O14. The van der Waals surface area contributed by atoms with E-state index in [-0.39, 0.29) is 13.2 Å². The number of carbonyl (C=O) groups excluding carboxylic acids is 4. The molecular weight excluding hydrogens is 548 g/mol. The van der Waals surface area contributed by atoms with Crippen LogP contribution in [0.5, 0.6) is 0 Å². The van der Waals surface area contributed by atoms with Crippen LogP contribution in [0.15, 0.2) is 30.3 Å². The van der Waals surface area contributed by atoms with Gasteiger partial charge >= 0.3 is 23.9 Å². The zero-order valence-electron chi connectivity index (χ0n) is 22.9. The minimum atomic E-state index is -1.37. The van der Waals surface area contributed by atoms with Gasteiger partial charge in [-0.05, 0) is 0 Å². The van der Waals surface area contributed by atoms with Crippen LogP contribution in [0.4, 0.5) is 0 Å². The molecule has 4 saturated heterocycles. The van der Waals surface area contributed by atoms with Gasteiger partial charge in [0.2, 0.25) is 0 Å². The Morgan fingerprint density at radius 3 is 1.88 bits per heavy atom. The van der Waals surface area contributed by atoms with E-state index in [2.05, 4.69) is 0 Å². The van der Waals surface area contributed by atoms with Crippen LogP contribution in [-0.4, -0.2) is 98.5 Å². The summed E-state index contributed by atoms with van der Waals surface area (Å²) in [4.78, 5) is 48.3.